The Morgan fingerprint density at radius 3 is 2.18 bits per heavy atom. The molecule has 11 rings (SSSR count). The van der Waals surface area contributed by atoms with E-state index in [1.165, 1.54) is 65.6 Å². The van der Waals surface area contributed by atoms with Gasteiger partial charge in [0.15, 0.2) is 0 Å². The first-order chi connectivity index (χ1) is 34.7. The second-order valence-corrected chi connectivity index (χ2v) is 32.7. The van der Waals surface area contributed by atoms with Crippen LogP contribution in [0.5, 0.6) is 0 Å². The third-order valence-corrected chi connectivity index (χ3v) is 18.9. The van der Waals surface area contributed by atoms with E-state index in [9.17, 15) is 4.39 Å². The van der Waals surface area contributed by atoms with Gasteiger partial charge in [0, 0.05) is 27.9 Å². The number of benzene rings is 7. The molecule has 4 nitrogen and oxygen atoms in total. The first-order valence-corrected chi connectivity index (χ1v) is 32.4. The van der Waals surface area contributed by atoms with Crippen LogP contribution in [0.2, 0.25) is 17.3 Å². The number of nitrogens with zero attached hydrogens (tertiary/aromatic N) is 4. The zero-order valence-electron chi connectivity index (χ0n) is 45.0. The maximum absolute atomic E-state index is 14.3. The molecule has 7 aromatic carbocycles. The van der Waals surface area contributed by atoms with E-state index in [2.05, 4.69) is 179 Å². The van der Waals surface area contributed by atoms with Crippen LogP contribution in [0.3, 0.4) is 0 Å². The van der Waals surface area contributed by atoms with Crippen LogP contribution in [0.25, 0.3) is 69.5 Å². The van der Waals surface area contributed by atoms with Gasteiger partial charge in [0.05, 0.1) is 0 Å². The number of hydrogen-bond acceptors (Lipinski definition) is 4. The molecular weight excluding hydrogens is 1130 g/mol. The summed E-state index contributed by atoms with van der Waals surface area (Å²) < 4.78 is 40.2. The largest absolute Gasteiger partial charge is 3.00 e. The summed E-state index contributed by atoms with van der Waals surface area (Å²) in [6, 6.07) is 53.6. The van der Waals surface area contributed by atoms with Gasteiger partial charge in [-0.1, -0.05) is 120 Å². The molecule has 4 heterocycles. The van der Waals surface area contributed by atoms with Gasteiger partial charge in [-0.05, 0) is 62.8 Å². The predicted octanol–water partition coefficient (Wildman–Crippen LogP) is 18.2. The quantitative estimate of drug-likeness (QED) is 0.118. The average Bonchev–Trinajstić information content (AvgIpc) is 3.94. The first kappa shape index (κ1) is 46.4. The van der Waals surface area contributed by atoms with Crippen LogP contribution in [-0.2, 0) is 25.5 Å². The molecule has 0 spiro atoms. The monoisotopic (exact) mass is 1190 g/mol. The van der Waals surface area contributed by atoms with Gasteiger partial charge < -0.3 is 10.2 Å². The van der Waals surface area contributed by atoms with Crippen molar-refractivity contribution >= 4 is 87.9 Å². The maximum atomic E-state index is 14.3. The van der Waals surface area contributed by atoms with Crippen molar-refractivity contribution in [1.82, 2.24) is 9.97 Å². The Kier molecular flexibility index (Phi) is 12.9. The number of halogens is 1. The molecule has 0 amide bonds. The number of pyridine rings is 2. The molecule has 0 radical (unpaired) electrons. The summed E-state index contributed by atoms with van der Waals surface area (Å²) in [5.41, 5.74) is 11.0. The summed E-state index contributed by atoms with van der Waals surface area (Å²) in [7, 11) is 0. The van der Waals surface area contributed by atoms with Gasteiger partial charge in [-0.2, -0.15) is 29.5 Å². The molecule has 358 valence electrons. The van der Waals surface area contributed by atoms with Crippen molar-refractivity contribution < 1.29 is 28.6 Å². The molecular formula is C63H60FGeIrN4S. The third-order valence-electron chi connectivity index (χ3n) is 13.5. The molecule has 0 saturated heterocycles. The molecule has 8 heteroatoms. The van der Waals surface area contributed by atoms with Crippen LogP contribution in [0.15, 0.2) is 146 Å². The Balaban J connectivity index is 0.000000206. The van der Waals surface area contributed by atoms with E-state index in [1.54, 1.807) is 29.7 Å². The van der Waals surface area contributed by atoms with Crippen LogP contribution in [0, 0.1) is 24.8 Å². The second kappa shape index (κ2) is 19.7. The zero-order valence-corrected chi connectivity index (χ0v) is 47.3. The molecule has 10 aromatic rings. The van der Waals surface area contributed by atoms with Crippen molar-refractivity contribution in [3.05, 3.63) is 197 Å². The molecule has 0 bridgehead atoms. The van der Waals surface area contributed by atoms with E-state index in [0.717, 1.165) is 31.7 Å². The van der Waals surface area contributed by atoms with Gasteiger partial charge in [-0.15, -0.1) is 16.6 Å². The van der Waals surface area contributed by atoms with Crippen molar-refractivity contribution in [2.75, 3.05) is 4.90 Å². The van der Waals surface area contributed by atoms with Gasteiger partial charge in [0.2, 0.25) is 0 Å². The van der Waals surface area contributed by atoms with Gasteiger partial charge in [-0.3, -0.25) is 0 Å². The summed E-state index contributed by atoms with van der Waals surface area (Å²) in [5.74, 6) is 6.68. The minimum Gasteiger partial charge on any atom is 3.00 e. The number of aromatic nitrogens is 2. The van der Waals surface area contributed by atoms with E-state index >= 15 is 0 Å². The van der Waals surface area contributed by atoms with E-state index < -0.39 is 20.1 Å². The number of anilines is 2. The van der Waals surface area contributed by atoms with Gasteiger partial charge in [0.1, 0.15) is 4.83 Å². The summed E-state index contributed by atoms with van der Waals surface area (Å²) >= 11 is -0.631. The van der Waals surface area contributed by atoms with E-state index in [4.69, 9.17) is 14.4 Å². The van der Waals surface area contributed by atoms with E-state index in [0.29, 0.717) is 34.2 Å². The van der Waals surface area contributed by atoms with Crippen molar-refractivity contribution in [3.8, 4) is 22.4 Å². The summed E-state index contributed by atoms with van der Waals surface area (Å²) in [4.78, 5) is 13.3. The second-order valence-electron chi connectivity index (χ2n) is 21.2. The minimum atomic E-state index is -2.41. The molecule has 0 N–H and O–H groups in total. The molecule has 1 aliphatic rings. The number of aryl methyl sites for hydroxylation is 1. The molecule has 1 unspecified atom stereocenters. The van der Waals surface area contributed by atoms with Gasteiger partial charge in [-0.25, -0.2) is 4.98 Å². The van der Waals surface area contributed by atoms with Crippen molar-refractivity contribution in [1.29, 1.82) is 0 Å². The predicted molar refractivity (Wildman–Crippen MR) is 300 cm³/mol. The Hall–Kier alpha value is -5.70. The molecule has 3 aromatic heterocycles. The number of thiophene rings is 1. The van der Waals surface area contributed by atoms with E-state index in [-0.39, 0.29) is 37.5 Å². The van der Waals surface area contributed by atoms with Crippen LogP contribution in [-0.4, -0.2) is 23.2 Å². The smallest absolute Gasteiger partial charge is 3.00 e. The Morgan fingerprint density at radius 1 is 0.761 bits per heavy atom. The fourth-order valence-corrected chi connectivity index (χ4v) is 13.9. The Labute approximate surface area is 443 Å². The summed E-state index contributed by atoms with van der Waals surface area (Å²) in [6.45, 7) is 13.8. The average molecular weight is 1190 g/mol. The summed E-state index contributed by atoms with van der Waals surface area (Å²) in [5, 5.41) is 13.1. The standard InChI is InChI=1S/C42H39N3S.C21H21FGeN.Ir/c1-24(2)33-23-27-14-9-10-15-28(27)36(25(3)4)38(33)45-37-29-16-11-8-13-26(29)19-21-34(37)43-40(45)32-18-12-17-30-31-20-22-35(42(5,6)7)44-41(31)46-39(30)32;1-15-12-21(24-14-20(15)23(2,3)4)17-10-11-19(22)18(13-17)16-8-6-5-7-9-16;/h8-17,19-25,40H,1-7H3;5-9,11-14H,1-4H3;/q-2;-1;+3/i;1D3;. The molecule has 71 heavy (non-hydrogen) atoms. The zero-order chi connectivity index (χ0) is 51.7. The van der Waals surface area contributed by atoms with Crippen LogP contribution >= 0.6 is 11.3 Å². The maximum Gasteiger partial charge on any atom is 3.00 e. The van der Waals surface area contributed by atoms with Gasteiger partial charge >= 0.3 is 170 Å². The normalized spacial score (nSPS) is 14.5. The molecule has 1 aliphatic heterocycles. The molecule has 0 fully saturated rings. The topological polar surface area (TPSA) is 43.1 Å². The van der Waals surface area contributed by atoms with Crippen LogP contribution in [0.1, 0.15) is 98.5 Å². The minimum absolute atomic E-state index is 0. The summed E-state index contributed by atoms with van der Waals surface area (Å²) in [6.07, 6.45) is 1.42. The number of rotatable bonds is 7. The van der Waals surface area contributed by atoms with Crippen molar-refractivity contribution in [3.63, 3.8) is 0 Å². The number of hydrogen-bond donors (Lipinski definition) is 0. The fourth-order valence-electron chi connectivity index (χ4n) is 9.93. The van der Waals surface area contributed by atoms with Crippen LogP contribution < -0.4 is 9.30 Å². The Bertz CT molecular complexity index is 3730. The molecule has 0 saturated carbocycles. The van der Waals surface area contributed by atoms with Crippen molar-refractivity contribution in [2.24, 2.45) is 0 Å². The van der Waals surface area contributed by atoms with Gasteiger partial charge in [0.25, 0.3) is 0 Å². The van der Waals surface area contributed by atoms with Crippen molar-refractivity contribution in [2.45, 2.75) is 96.0 Å². The molecule has 0 aliphatic carbocycles. The third kappa shape index (κ3) is 9.48. The van der Waals surface area contributed by atoms with Crippen LogP contribution in [0.4, 0.5) is 21.5 Å². The Morgan fingerprint density at radius 2 is 1.48 bits per heavy atom. The van der Waals surface area contributed by atoms with E-state index in [1.807, 2.05) is 30.3 Å². The SMILES string of the molecule is CC(C)c1cc2ccccc2c(C(C)C)c1N1c2c(ccc3ccccc23)[N-]C1c1[c-]ccc2c1sc1nc(C(C)(C)C)ccc12.[2H]C([2H])([2H])c1cc(-c2[c-]cc(F)c(-c3ccccc3)c2)nc[c]1[Ge]([CH3])([CH3])[CH3].[Ir+3]. The number of fused-ring (bicyclic) bond motifs is 7. The fraction of sp³-hybridized carbons (Fsp3) is 0.238. The molecule has 1 atom stereocenters. The first-order valence-electron chi connectivity index (χ1n) is 25.8.